The highest BCUT2D eigenvalue weighted by Crippen LogP contribution is 2.21. The first-order chi connectivity index (χ1) is 15.6. The van der Waals surface area contributed by atoms with Crippen molar-refractivity contribution in [1.82, 2.24) is 4.31 Å². The van der Waals surface area contributed by atoms with E-state index in [4.69, 9.17) is 21.0 Å². The summed E-state index contributed by atoms with van der Waals surface area (Å²) in [6, 6.07) is 6.11. The van der Waals surface area contributed by atoms with Crippen molar-refractivity contribution in [2.24, 2.45) is 11.7 Å². The van der Waals surface area contributed by atoms with Gasteiger partial charge in [0.25, 0.3) is 10.0 Å². The second-order valence-electron chi connectivity index (χ2n) is 9.07. The van der Waals surface area contributed by atoms with Crippen LogP contribution in [0, 0.1) is 18.3 Å². The van der Waals surface area contributed by atoms with Gasteiger partial charge in [0.1, 0.15) is 17.3 Å². The lowest BCUT2D eigenvalue weighted by molar-refractivity contribution is -0.162. The SMILES string of the molecule is Cc1ccc(S(=O)(=O)N(CCCC(C(=O)CCCCC(=O)O)C(=O)OC(C)(C)C)C(=N)N)cc1. The Kier molecular flexibility index (Phi) is 10.7. The van der Waals surface area contributed by atoms with E-state index in [1.54, 1.807) is 32.9 Å². The van der Waals surface area contributed by atoms with Crippen LogP contribution in [-0.2, 0) is 29.1 Å². The molecule has 0 radical (unpaired) electrons. The van der Waals surface area contributed by atoms with Crippen LogP contribution in [-0.4, -0.2) is 53.7 Å². The molecular formula is C23H35N3O7S. The van der Waals surface area contributed by atoms with Gasteiger partial charge >= 0.3 is 11.9 Å². The number of unbranched alkanes of at least 4 members (excludes halogenated alkanes) is 1. The van der Waals surface area contributed by atoms with Gasteiger partial charge < -0.3 is 15.6 Å². The van der Waals surface area contributed by atoms with Gasteiger partial charge in [-0.1, -0.05) is 17.7 Å². The molecule has 0 aliphatic rings. The number of rotatable bonds is 13. The highest BCUT2D eigenvalue weighted by molar-refractivity contribution is 7.89. The predicted octanol–water partition coefficient (Wildman–Crippen LogP) is 2.83. The van der Waals surface area contributed by atoms with Crippen molar-refractivity contribution in [2.45, 2.75) is 76.7 Å². The molecule has 1 aromatic rings. The van der Waals surface area contributed by atoms with E-state index in [9.17, 15) is 22.8 Å². The molecule has 0 aliphatic carbocycles. The van der Waals surface area contributed by atoms with Crippen molar-refractivity contribution < 1.29 is 32.6 Å². The summed E-state index contributed by atoms with van der Waals surface area (Å²) in [6.07, 6.45) is 0.625. The second kappa shape index (κ2) is 12.5. The van der Waals surface area contributed by atoms with Crippen molar-refractivity contribution >= 4 is 33.7 Å². The molecular weight excluding hydrogens is 462 g/mol. The van der Waals surface area contributed by atoms with E-state index in [-0.39, 0.29) is 37.1 Å². The molecule has 34 heavy (non-hydrogen) atoms. The van der Waals surface area contributed by atoms with E-state index in [0.29, 0.717) is 12.8 Å². The maximum Gasteiger partial charge on any atom is 0.316 e. The number of nitrogens with two attached hydrogens (primary N) is 1. The zero-order valence-electron chi connectivity index (χ0n) is 20.2. The minimum absolute atomic E-state index is 0.000124. The van der Waals surface area contributed by atoms with E-state index in [1.807, 2.05) is 6.92 Å². The van der Waals surface area contributed by atoms with Gasteiger partial charge in [-0.2, -0.15) is 0 Å². The molecule has 1 aromatic carbocycles. The Labute approximate surface area is 201 Å². The number of carbonyl (C=O) groups is 3. The molecule has 1 atom stereocenters. The van der Waals surface area contributed by atoms with Crippen LogP contribution in [0.5, 0.6) is 0 Å². The third-order valence-corrected chi connectivity index (χ3v) is 6.70. The molecule has 0 aliphatic heterocycles. The average Bonchev–Trinajstić information content (AvgIpc) is 2.69. The van der Waals surface area contributed by atoms with E-state index in [2.05, 4.69) is 0 Å². The third kappa shape index (κ3) is 9.50. The van der Waals surface area contributed by atoms with Crippen molar-refractivity contribution in [3.05, 3.63) is 29.8 Å². The largest absolute Gasteiger partial charge is 0.481 e. The van der Waals surface area contributed by atoms with Gasteiger partial charge in [0, 0.05) is 19.4 Å². The molecule has 0 spiro atoms. The van der Waals surface area contributed by atoms with Crippen molar-refractivity contribution in [1.29, 1.82) is 5.41 Å². The molecule has 1 unspecified atom stereocenters. The predicted molar refractivity (Wildman–Crippen MR) is 127 cm³/mol. The standard InChI is InChI=1S/C23H35N3O7S/c1-16-11-13-17(14-12-16)34(31,32)26(22(24)25)15-7-8-18(21(30)33-23(2,3)4)19(27)9-5-6-10-20(28)29/h11-14,18H,5-10,15H2,1-4H3,(H3,24,25)(H,28,29). The average molecular weight is 498 g/mol. The number of aliphatic carboxylic acids is 1. The topological polar surface area (TPSA) is 168 Å². The fraction of sp³-hybridized carbons (Fsp3) is 0.565. The minimum Gasteiger partial charge on any atom is -0.481 e. The first kappa shape index (κ1) is 29.1. The van der Waals surface area contributed by atoms with Crippen molar-refractivity contribution in [3.8, 4) is 0 Å². The number of sulfonamides is 1. The molecule has 0 saturated heterocycles. The number of ether oxygens (including phenoxy) is 1. The van der Waals surface area contributed by atoms with Crippen LogP contribution in [0.25, 0.3) is 0 Å². The summed E-state index contributed by atoms with van der Waals surface area (Å²) in [4.78, 5) is 36.0. The first-order valence-corrected chi connectivity index (χ1v) is 12.5. The smallest absolute Gasteiger partial charge is 0.316 e. The second-order valence-corrected chi connectivity index (χ2v) is 10.9. The summed E-state index contributed by atoms with van der Waals surface area (Å²) in [5.74, 6) is -3.87. The zero-order valence-corrected chi connectivity index (χ0v) is 21.0. The Hall–Kier alpha value is -2.95. The molecule has 0 amide bonds. The summed E-state index contributed by atoms with van der Waals surface area (Å²) < 4.78 is 32.0. The normalized spacial score (nSPS) is 12.6. The number of carboxylic acids is 1. The number of esters is 1. The van der Waals surface area contributed by atoms with Crippen molar-refractivity contribution in [3.63, 3.8) is 0 Å². The van der Waals surface area contributed by atoms with E-state index in [1.165, 1.54) is 12.1 Å². The number of carbonyl (C=O) groups excluding carboxylic acids is 2. The van der Waals surface area contributed by atoms with Crippen LogP contribution in [0.4, 0.5) is 0 Å². The molecule has 10 nitrogen and oxygen atoms in total. The fourth-order valence-electron chi connectivity index (χ4n) is 3.18. The molecule has 190 valence electrons. The number of benzene rings is 1. The number of aryl methyl sites for hydroxylation is 1. The number of Topliss-reactive ketones (excluding diaryl/α,β-unsaturated/α-hetero) is 1. The Morgan fingerprint density at radius 2 is 1.65 bits per heavy atom. The van der Waals surface area contributed by atoms with E-state index >= 15 is 0 Å². The molecule has 0 heterocycles. The minimum atomic E-state index is -4.08. The molecule has 0 aromatic heterocycles. The Morgan fingerprint density at radius 3 is 2.15 bits per heavy atom. The number of guanidine groups is 1. The van der Waals surface area contributed by atoms with Crippen LogP contribution in [0.2, 0.25) is 0 Å². The number of nitrogens with zero attached hydrogens (tertiary/aromatic N) is 1. The molecule has 0 saturated carbocycles. The first-order valence-electron chi connectivity index (χ1n) is 11.1. The lowest BCUT2D eigenvalue weighted by atomic mass is 9.94. The molecule has 1 rings (SSSR count). The van der Waals surface area contributed by atoms with Gasteiger partial charge in [-0.05, 0) is 65.5 Å². The van der Waals surface area contributed by atoms with Gasteiger partial charge in [-0.3, -0.25) is 19.8 Å². The van der Waals surface area contributed by atoms with E-state index in [0.717, 1.165) is 9.87 Å². The van der Waals surface area contributed by atoms with Crippen LogP contribution in [0.15, 0.2) is 29.2 Å². The number of carboxylic acid groups (broad SMARTS) is 1. The molecule has 11 heteroatoms. The number of ketones is 1. The molecule has 0 bridgehead atoms. The monoisotopic (exact) mass is 497 g/mol. The summed E-state index contributed by atoms with van der Waals surface area (Å²) in [7, 11) is -4.08. The van der Waals surface area contributed by atoms with Crippen LogP contribution >= 0.6 is 0 Å². The summed E-state index contributed by atoms with van der Waals surface area (Å²) in [5.41, 5.74) is 5.59. The number of hydrogen-bond donors (Lipinski definition) is 3. The molecule has 4 N–H and O–H groups in total. The highest BCUT2D eigenvalue weighted by Gasteiger charge is 2.32. The van der Waals surface area contributed by atoms with Crippen LogP contribution in [0.3, 0.4) is 0 Å². The van der Waals surface area contributed by atoms with Gasteiger partial charge in [0.2, 0.25) is 5.96 Å². The maximum atomic E-state index is 12.9. The number of hydrogen-bond acceptors (Lipinski definition) is 7. The summed E-state index contributed by atoms with van der Waals surface area (Å²) >= 11 is 0. The Morgan fingerprint density at radius 1 is 1.09 bits per heavy atom. The van der Waals surface area contributed by atoms with E-state index < -0.39 is 45.2 Å². The van der Waals surface area contributed by atoms with Crippen LogP contribution in [0.1, 0.15) is 64.9 Å². The maximum absolute atomic E-state index is 12.9. The van der Waals surface area contributed by atoms with Crippen molar-refractivity contribution in [2.75, 3.05) is 6.54 Å². The lowest BCUT2D eigenvalue weighted by Gasteiger charge is -2.25. The van der Waals surface area contributed by atoms with Gasteiger partial charge in [-0.25, -0.2) is 12.7 Å². The van der Waals surface area contributed by atoms with Gasteiger partial charge in [0.05, 0.1) is 4.90 Å². The third-order valence-electron chi connectivity index (χ3n) is 4.88. The lowest BCUT2D eigenvalue weighted by Crippen LogP contribution is -2.42. The Bertz CT molecular complexity index is 983. The molecule has 0 fully saturated rings. The van der Waals surface area contributed by atoms with Gasteiger partial charge in [0.15, 0.2) is 0 Å². The summed E-state index contributed by atoms with van der Waals surface area (Å²) in [5, 5.41) is 16.5. The Balaban J connectivity index is 2.93. The summed E-state index contributed by atoms with van der Waals surface area (Å²) in [6.45, 7) is 6.63. The zero-order chi connectivity index (χ0) is 26.1. The highest BCUT2D eigenvalue weighted by atomic mass is 32.2. The van der Waals surface area contributed by atoms with Crippen LogP contribution < -0.4 is 5.73 Å². The number of nitrogens with one attached hydrogen (secondary N) is 1. The fourth-order valence-corrected chi connectivity index (χ4v) is 4.54. The van der Waals surface area contributed by atoms with Gasteiger partial charge in [-0.15, -0.1) is 0 Å². The quantitative estimate of drug-likeness (QED) is 0.123.